The van der Waals surface area contributed by atoms with Crippen LogP contribution in [-0.4, -0.2) is 78.4 Å². The van der Waals surface area contributed by atoms with E-state index in [2.05, 4.69) is 20.1 Å². The second-order valence-corrected chi connectivity index (χ2v) is 7.03. The van der Waals surface area contributed by atoms with Crippen molar-refractivity contribution in [3.63, 3.8) is 0 Å². The molecular formula is C18H22ClN7O3. The van der Waals surface area contributed by atoms with E-state index in [1.807, 2.05) is 9.80 Å². The Morgan fingerprint density at radius 2 is 1.52 bits per heavy atom. The number of nitrogens with two attached hydrogens (primary N) is 1. The van der Waals surface area contributed by atoms with Gasteiger partial charge in [0.2, 0.25) is 11.9 Å². The van der Waals surface area contributed by atoms with Gasteiger partial charge in [-0.25, -0.2) is 0 Å². The number of hydrogen-bond donors (Lipinski definition) is 2. The summed E-state index contributed by atoms with van der Waals surface area (Å²) in [7, 11) is 0. The van der Waals surface area contributed by atoms with Crippen LogP contribution in [0.4, 0.5) is 11.9 Å². The lowest BCUT2D eigenvalue weighted by molar-refractivity contribution is 0.121. The molecule has 10 nitrogen and oxygen atoms in total. The number of rotatable bonds is 4. The predicted molar refractivity (Wildman–Crippen MR) is 109 cm³/mol. The van der Waals surface area contributed by atoms with Crippen LogP contribution >= 0.6 is 11.6 Å². The Hall–Kier alpha value is -2.69. The molecule has 0 saturated carbocycles. The van der Waals surface area contributed by atoms with E-state index in [-0.39, 0.29) is 17.3 Å². The van der Waals surface area contributed by atoms with Crippen molar-refractivity contribution in [2.45, 2.75) is 0 Å². The van der Waals surface area contributed by atoms with Gasteiger partial charge in [-0.15, -0.1) is 0 Å². The Labute approximate surface area is 172 Å². The Morgan fingerprint density at radius 1 is 0.966 bits per heavy atom. The van der Waals surface area contributed by atoms with Crippen molar-refractivity contribution in [1.29, 1.82) is 0 Å². The lowest BCUT2D eigenvalue weighted by Gasteiger charge is -2.30. The maximum atomic E-state index is 10.3. The smallest absolute Gasteiger partial charge is 0.230 e. The fraction of sp³-hybridized carbons (Fsp3) is 0.444. The molecule has 3 N–H and O–H groups in total. The predicted octanol–water partition coefficient (Wildman–Crippen LogP) is 0.615. The van der Waals surface area contributed by atoms with E-state index < -0.39 is 0 Å². The molecular weight excluding hydrogens is 398 g/mol. The maximum absolute atomic E-state index is 10.3. The second-order valence-electron chi connectivity index (χ2n) is 6.60. The van der Waals surface area contributed by atoms with Crippen LogP contribution in [0.3, 0.4) is 0 Å². The van der Waals surface area contributed by atoms with Crippen molar-refractivity contribution in [2.24, 2.45) is 10.9 Å². The standard InChI is InChI=1S/C18H22ClN7O3/c19-12-1-2-14(27)13(11-12)15(24-20)16-21-17(25-3-7-28-8-4-25)23-18(22-16)26-5-9-29-10-6-26/h1-2,11,27H,3-10,20H2/b24-15+. The summed E-state index contributed by atoms with van der Waals surface area (Å²) in [6, 6.07) is 4.64. The maximum Gasteiger partial charge on any atom is 0.230 e. The molecule has 154 valence electrons. The molecule has 2 fully saturated rings. The van der Waals surface area contributed by atoms with Gasteiger partial charge in [0.25, 0.3) is 0 Å². The van der Waals surface area contributed by atoms with Gasteiger partial charge in [0.15, 0.2) is 5.82 Å². The van der Waals surface area contributed by atoms with Crippen molar-refractivity contribution in [3.8, 4) is 5.75 Å². The van der Waals surface area contributed by atoms with Crippen LogP contribution in [-0.2, 0) is 9.47 Å². The van der Waals surface area contributed by atoms with E-state index in [4.69, 9.17) is 26.9 Å². The molecule has 29 heavy (non-hydrogen) atoms. The van der Waals surface area contributed by atoms with Gasteiger partial charge in [-0.3, -0.25) is 0 Å². The summed E-state index contributed by atoms with van der Waals surface area (Å²) in [6.07, 6.45) is 0. The zero-order chi connectivity index (χ0) is 20.2. The number of hydrogen-bond acceptors (Lipinski definition) is 10. The number of aromatic hydroxyl groups is 1. The van der Waals surface area contributed by atoms with E-state index in [0.29, 0.717) is 75.1 Å². The third kappa shape index (κ3) is 4.34. The first-order chi connectivity index (χ1) is 14.2. The molecule has 2 aromatic rings. The molecule has 3 heterocycles. The third-order valence-electron chi connectivity index (χ3n) is 4.75. The zero-order valence-electron chi connectivity index (χ0n) is 15.8. The van der Waals surface area contributed by atoms with Crippen LogP contribution in [0, 0.1) is 0 Å². The van der Waals surface area contributed by atoms with Crippen molar-refractivity contribution in [3.05, 3.63) is 34.6 Å². The number of hydrazone groups is 1. The van der Waals surface area contributed by atoms with Crippen LogP contribution in [0.15, 0.2) is 23.3 Å². The quantitative estimate of drug-likeness (QED) is 0.417. The van der Waals surface area contributed by atoms with Crippen molar-refractivity contribution >= 4 is 29.2 Å². The number of benzene rings is 1. The number of nitrogens with zero attached hydrogens (tertiary/aromatic N) is 6. The van der Waals surface area contributed by atoms with E-state index >= 15 is 0 Å². The number of aromatic nitrogens is 3. The van der Waals surface area contributed by atoms with Crippen molar-refractivity contribution in [1.82, 2.24) is 15.0 Å². The van der Waals surface area contributed by atoms with E-state index in [1.165, 1.54) is 6.07 Å². The highest BCUT2D eigenvalue weighted by atomic mass is 35.5. The number of halogens is 1. The Bertz CT molecular complexity index is 863. The number of ether oxygens (including phenoxy) is 2. The SMILES string of the molecule is N/N=C(/c1nc(N2CCOCC2)nc(N2CCOCC2)n1)c1cc(Cl)ccc1O. The highest BCUT2D eigenvalue weighted by Gasteiger charge is 2.24. The number of anilines is 2. The first kappa shape index (κ1) is 19.6. The Balaban J connectivity index is 1.78. The molecule has 1 aromatic heterocycles. The minimum atomic E-state index is -0.0140. The first-order valence-electron chi connectivity index (χ1n) is 9.34. The molecule has 1 aromatic carbocycles. The monoisotopic (exact) mass is 419 g/mol. The molecule has 0 unspecified atom stereocenters. The number of morpholine rings is 2. The van der Waals surface area contributed by atoms with Gasteiger partial charge in [-0.1, -0.05) is 11.6 Å². The Morgan fingerprint density at radius 3 is 2.03 bits per heavy atom. The summed E-state index contributed by atoms with van der Waals surface area (Å²) >= 11 is 6.11. The topological polar surface area (TPSA) is 122 Å². The second kappa shape index (κ2) is 8.76. The molecule has 2 aliphatic rings. The van der Waals surface area contributed by atoms with Gasteiger partial charge in [0.05, 0.1) is 26.4 Å². The van der Waals surface area contributed by atoms with Gasteiger partial charge in [0, 0.05) is 36.8 Å². The molecule has 0 bridgehead atoms. The summed E-state index contributed by atoms with van der Waals surface area (Å²) < 4.78 is 10.9. The summed E-state index contributed by atoms with van der Waals surface area (Å²) in [5, 5.41) is 14.6. The molecule has 0 amide bonds. The van der Waals surface area contributed by atoms with Crippen LogP contribution in [0.1, 0.15) is 11.4 Å². The molecule has 0 spiro atoms. The molecule has 0 aliphatic carbocycles. The first-order valence-corrected chi connectivity index (χ1v) is 9.72. The average molecular weight is 420 g/mol. The largest absolute Gasteiger partial charge is 0.507 e. The van der Waals surface area contributed by atoms with Crippen molar-refractivity contribution < 1.29 is 14.6 Å². The van der Waals surface area contributed by atoms with Crippen molar-refractivity contribution in [2.75, 3.05) is 62.4 Å². The van der Waals surface area contributed by atoms with Gasteiger partial charge in [0.1, 0.15) is 11.5 Å². The van der Waals surface area contributed by atoms with E-state index in [9.17, 15) is 5.11 Å². The molecule has 2 aliphatic heterocycles. The minimum absolute atomic E-state index is 0.0140. The summed E-state index contributed by atoms with van der Waals surface area (Å²) in [5.41, 5.74) is 0.587. The van der Waals surface area contributed by atoms with Gasteiger partial charge in [-0.05, 0) is 18.2 Å². The van der Waals surface area contributed by atoms with E-state index in [1.54, 1.807) is 12.1 Å². The molecule has 0 radical (unpaired) electrons. The molecule has 2 saturated heterocycles. The van der Waals surface area contributed by atoms with Crippen LogP contribution in [0.5, 0.6) is 5.75 Å². The zero-order valence-corrected chi connectivity index (χ0v) is 16.5. The summed E-state index contributed by atoms with van der Waals surface area (Å²) in [4.78, 5) is 17.9. The van der Waals surface area contributed by atoms with Gasteiger partial charge >= 0.3 is 0 Å². The van der Waals surface area contributed by atoms with Crippen LogP contribution < -0.4 is 15.6 Å². The lowest BCUT2D eigenvalue weighted by Crippen LogP contribution is -2.40. The molecule has 11 heteroatoms. The van der Waals surface area contributed by atoms with Crippen LogP contribution in [0.25, 0.3) is 0 Å². The normalized spacial score (nSPS) is 18.2. The molecule has 4 rings (SSSR count). The van der Waals surface area contributed by atoms with E-state index in [0.717, 1.165) is 0 Å². The fourth-order valence-corrected chi connectivity index (χ4v) is 3.39. The molecule has 0 atom stereocenters. The number of phenols is 1. The summed E-state index contributed by atoms with van der Waals surface area (Å²) in [6.45, 7) is 5.07. The summed E-state index contributed by atoms with van der Waals surface area (Å²) in [5.74, 6) is 6.96. The highest BCUT2D eigenvalue weighted by molar-refractivity contribution is 6.31. The van der Waals surface area contributed by atoms with Gasteiger partial charge < -0.3 is 30.2 Å². The minimum Gasteiger partial charge on any atom is -0.507 e. The lowest BCUT2D eigenvalue weighted by atomic mass is 10.1. The average Bonchev–Trinajstić information content (AvgIpc) is 2.78. The third-order valence-corrected chi connectivity index (χ3v) is 4.99. The van der Waals surface area contributed by atoms with Gasteiger partial charge in [-0.2, -0.15) is 20.1 Å². The highest BCUT2D eigenvalue weighted by Crippen LogP contribution is 2.25. The number of phenolic OH excluding ortho intramolecular Hbond substituents is 1. The fourth-order valence-electron chi connectivity index (χ4n) is 3.21. The van der Waals surface area contributed by atoms with Crippen LogP contribution in [0.2, 0.25) is 5.02 Å². The Kier molecular flexibility index (Phi) is 5.93.